The zero-order valence-corrected chi connectivity index (χ0v) is 13.9. The van der Waals surface area contributed by atoms with Crippen LogP contribution in [0.4, 0.5) is 0 Å². The quantitative estimate of drug-likeness (QED) is 0.876. The van der Waals surface area contributed by atoms with Crippen molar-refractivity contribution in [2.75, 3.05) is 32.7 Å². The van der Waals surface area contributed by atoms with Gasteiger partial charge in [0.2, 0.25) is 5.91 Å². The molecule has 2 N–H and O–H groups in total. The fraction of sp³-hybridized carbons (Fsp3) is 0.429. The summed E-state index contributed by atoms with van der Waals surface area (Å²) in [4.78, 5) is 27.3. The number of nitrogens with two attached hydrogens (primary N) is 1. The fourth-order valence-electron chi connectivity index (χ4n) is 2.38. The summed E-state index contributed by atoms with van der Waals surface area (Å²) >= 11 is 9.46. The Morgan fingerprint density at radius 1 is 1.24 bits per heavy atom. The maximum Gasteiger partial charge on any atom is 0.255 e. The van der Waals surface area contributed by atoms with E-state index >= 15 is 0 Å². The Kier molecular flexibility index (Phi) is 5.61. The zero-order chi connectivity index (χ0) is 15.4. The van der Waals surface area contributed by atoms with Gasteiger partial charge in [-0.3, -0.25) is 14.5 Å². The van der Waals surface area contributed by atoms with Crippen LogP contribution in [0.15, 0.2) is 22.7 Å². The molecular formula is C14H17BrClN3O2. The molecule has 2 amide bonds. The van der Waals surface area contributed by atoms with E-state index in [2.05, 4.69) is 15.9 Å². The van der Waals surface area contributed by atoms with Crippen LogP contribution in [0.25, 0.3) is 0 Å². The van der Waals surface area contributed by atoms with E-state index in [-0.39, 0.29) is 18.4 Å². The van der Waals surface area contributed by atoms with Gasteiger partial charge in [0.05, 0.1) is 17.1 Å². The average molecular weight is 375 g/mol. The number of rotatable bonds is 3. The number of primary amides is 1. The lowest BCUT2D eigenvalue weighted by atomic mass is 10.2. The molecule has 1 saturated heterocycles. The summed E-state index contributed by atoms with van der Waals surface area (Å²) in [6, 6.07) is 5.24. The topological polar surface area (TPSA) is 66.6 Å². The van der Waals surface area contributed by atoms with Crippen molar-refractivity contribution in [3.05, 3.63) is 33.3 Å². The largest absolute Gasteiger partial charge is 0.369 e. The molecule has 2 rings (SSSR count). The van der Waals surface area contributed by atoms with Crippen LogP contribution in [0.5, 0.6) is 0 Å². The smallest absolute Gasteiger partial charge is 0.255 e. The van der Waals surface area contributed by atoms with Crippen molar-refractivity contribution < 1.29 is 9.59 Å². The Balaban J connectivity index is 2.06. The SMILES string of the molecule is NC(=O)CN1CCCN(C(=O)c2cc(Br)ccc2Cl)CC1. The Bertz CT molecular complexity index is 553. The van der Waals surface area contributed by atoms with E-state index in [4.69, 9.17) is 17.3 Å². The van der Waals surface area contributed by atoms with Gasteiger partial charge in [-0.05, 0) is 24.6 Å². The first-order valence-corrected chi connectivity index (χ1v) is 7.89. The highest BCUT2D eigenvalue weighted by Gasteiger charge is 2.22. The molecule has 0 aliphatic carbocycles. The lowest BCUT2D eigenvalue weighted by Crippen LogP contribution is -2.38. The summed E-state index contributed by atoms with van der Waals surface area (Å²) < 4.78 is 0.820. The highest BCUT2D eigenvalue weighted by molar-refractivity contribution is 9.10. The minimum absolute atomic E-state index is 0.0813. The van der Waals surface area contributed by atoms with Gasteiger partial charge < -0.3 is 10.6 Å². The predicted octanol–water partition coefficient (Wildman–Crippen LogP) is 1.74. The van der Waals surface area contributed by atoms with E-state index in [1.165, 1.54) is 0 Å². The molecular weight excluding hydrogens is 358 g/mol. The van der Waals surface area contributed by atoms with Crippen LogP contribution < -0.4 is 5.73 Å². The highest BCUT2D eigenvalue weighted by atomic mass is 79.9. The lowest BCUT2D eigenvalue weighted by Gasteiger charge is -2.22. The molecule has 1 aromatic carbocycles. The molecule has 7 heteroatoms. The molecule has 1 aromatic rings. The second-order valence-corrected chi connectivity index (χ2v) is 6.34. The zero-order valence-electron chi connectivity index (χ0n) is 11.5. The Labute approximate surface area is 137 Å². The number of nitrogens with zero attached hydrogens (tertiary/aromatic N) is 2. The summed E-state index contributed by atoms with van der Waals surface area (Å²) in [6.45, 7) is 2.85. The third kappa shape index (κ3) is 4.43. The number of amides is 2. The van der Waals surface area contributed by atoms with Gasteiger partial charge in [-0.2, -0.15) is 0 Å². The molecule has 0 bridgehead atoms. The first-order chi connectivity index (χ1) is 9.97. The van der Waals surface area contributed by atoms with Crippen LogP contribution >= 0.6 is 27.5 Å². The normalized spacial score (nSPS) is 16.6. The van der Waals surface area contributed by atoms with E-state index < -0.39 is 0 Å². The number of hydrogen-bond acceptors (Lipinski definition) is 3. The van der Waals surface area contributed by atoms with Crippen LogP contribution in [-0.2, 0) is 4.79 Å². The molecule has 5 nitrogen and oxygen atoms in total. The second kappa shape index (κ2) is 7.24. The van der Waals surface area contributed by atoms with Gasteiger partial charge in [0, 0.05) is 30.7 Å². The summed E-state index contributed by atoms with van der Waals surface area (Å²) in [5.74, 6) is -0.424. The van der Waals surface area contributed by atoms with Crippen LogP contribution in [0.1, 0.15) is 16.8 Å². The summed E-state index contributed by atoms with van der Waals surface area (Å²) in [5.41, 5.74) is 5.71. The van der Waals surface area contributed by atoms with Gasteiger partial charge in [0.1, 0.15) is 0 Å². The van der Waals surface area contributed by atoms with Crippen molar-refractivity contribution in [2.45, 2.75) is 6.42 Å². The van der Waals surface area contributed by atoms with Gasteiger partial charge in [-0.25, -0.2) is 0 Å². The standard InChI is InChI=1S/C14H17BrClN3O2/c15-10-2-3-12(16)11(8-10)14(21)19-5-1-4-18(6-7-19)9-13(17)20/h2-3,8H,1,4-7,9H2,(H2,17,20). The maximum absolute atomic E-state index is 12.6. The van der Waals surface area contributed by atoms with Crippen molar-refractivity contribution in [2.24, 2.45) is 5.73 Å². The monoisotopic (exact) mass is 373 g/mol. The van der Waals surface area contributed by atoms with Crippen LogP contribution in [0.2, 0.25) is 5.02 Å². The Hall–Kier alpha value is -1.11. The molecule has 0 radical (unpaired) electrons. The first-order valence-electron chi connectivity index (χ1n) is 6.72. The predicted molar refractivity (Wildman–Crippen MR) is 85.3 cm³/mol. The van der Waals surface area contributed by atoms with E-state index in [0.29, 0.717) is 30.2 Å². The summed E-state index contributed by atoms with van der Waals surface area (Å²) in [5, 5.41) is 0.446. The van der Waals surface area contributed by atoms with Crippen molar-refractivity contribution in [3.8, 4) is 0 Å². The van der Waals surface area contributed by atoms with Gasteiger partial charge in [-0.15, -0.1) is 0 Å². The Morgan fingerprint density at radius 2 is 2.00 bits per heavy atom. The highest BCUT2D eigenvalue weighted by Crippen LogP contribution is 2.23. The average Bonchev–Trinajstić information content (AvgIpc) is 2.66. The molecule has 114 valence electrons. The lowest BCUT2D eigenvalue weighted by molar-refractivity contribution is -0.119. The number of hydrogen-bond donors (Lipinski definition) is 1. The molecule has 21 heavy (non-hydrogen) atoms. The molecule has 1 fully saturated rings. The number of benzene rings is 1. The molecule has 1 aliphatic rings. The van der Waals surface area contributed by atoms with Crippen molar-refractivity contribution >= 4 is 39.3 Å². The molecule has 0 saturated carbocycles. The minimum Gasteiger partial charge on any atom is -0.369 e. The molecule has 0 spiro atoms. The second-order valence-electron chi connectivity index (χ2n) is 5.01. The number of carbonyl (C=O) groups excluding carboxylic acids is 2. The molecule has 0 aromatic heterocycles. The Morgan fingerprint density at radius 3 is 2.71 bits per heavy atom. The molecule has 0 atom stereocenters. The first kappa shape index (κ1) is 16.3. The molecule has 1 aliphatic heterocycles. The van der Waals surface area contributed by atoms with Crippen LogP contribution in [0, 0.1) is 0 Å². The van der Waals surface area contributed by atoms with E-state index in [1.807, 2.05) is 4.90 Å². The van der Waals surface area contributed by atoms with Crippen molar-refractivity contribution in [3.63, 3.8) is 0 Å². The van der Waals surface area contributed by atoms with E-state index in [9.17, 15) is 9.59 Å². The van der Waals surface area contributed by atoms with E-state index in [0.717, 1.165) is 17.4 Å². The number of carbonyl (C=O) groups is 2. The molecule has 1 heterocycles. The van der Waals surface area contributed by atoms with Crippen molar-refractivity contribution in [1.82, 2.24) is 9.80 Å². The van der Waals surface area contributed by atoms with Gasteiger partial charge in [0.15, 0.2) is 0 Å². The van der Waals surface area contributed by atoms with Crippen LogP contribution in [0.3, 0.4) is 0 Å². The van der Waals surface area contributed by atoms with Gasteiger partial charge >= 0.3 is 0 Å². The third-order valence-corrected chi connectivity index (χ3v) is 4.24. The minimum atomic E-state index is -0.343. The maximum atomic E-state index is 12.6. The van der Waals surface area contributed by atoms with Gasteiger partial charge in [-0.1, -0.05) is 27.5 Å². The van der Waals surface area contributed by atoms with Gasteiger partial charge in [0.25, 0.3) is 5.91 Å². The van der Waals surface area contributed by atoms with Crippen LogP contribution in [-0.4, -0.2) is 54.3 Å². The van der Waals surface area contributed by atoms with Crippen molar-refractivity contribution in [1.29, 1.82) is 0 Å². The molecule has 0 unspecified atom stereocenters. The number of halogens is 2. The summed E-state index contributed by atoms with van der Waals surface area (Å²) in [7, 11) is 0. The fourth-order valence-corrected chi connectivity index (χ4v) is 2.94. The summed E-state index contributed by atoms with van der Waals surface area (Å²) in [6.07, 6.45) is 0.810. The third-order valence-electron chi connectivity index (χ3n) is 3.41. The van der Waals surface area contributed by atoms with E-state index in [1.54, 1.807) is 23.1 Å².